The molecule has 38 heavy (non-hydrogen) atoms. The van der Waals surface area contributed by atoms with Crippen molar-refractivity contribution < 1.29 is 4.42 Å². The third-order valence-electron chi connectivity index (χ3n) is 6.69. The molecule has 0 unspecified atom stereocenters. The molecule has 4 nitrogen and oxygen atoms in total. The first kappa shape index (κ1) is 22.4. The van der Waals surface area contributed by atoms with Gasteiger partial charge in [-0.15, -0.1) is 0 Å². The highest BCUT2D eigenvalue weighted by atomic mass is 35.5. The Morgan fingerprint density at radius 3 is 1.68 bits per heavy atom. The second kappa shape index (κ2) is 9.25. The van der Waals surface area contributed by atoms with Crippen LogP contribution in [0.4, 0.5) is 0 Å². The molecule has 0 aliphatic heterocycles. The molecule has 0 aliphatic rings. The summed E-state index contributed by atoms with van der Waals surface area (Å²) < 4.78 is 6.19. The molecule has 0 amide bonds. The summed E-state index contributed by atoms with van der Waals surface area (Å²) in [5.74, 6) is 1.05. The predicted octanol–water partition coefficient (Wildman–Crippen LogP) is 9.09. The maximum atomic E-state index is 6.36. The molecule has 2 heterocycles. The van der Waals surface area contributed by atoms with E-state index in [1.54, 1.807) is 0 Å². The van der Waals surface area contributed by atoms with Crippen LogP contribution in [0.15, 0.2) is 126 Å². The second-order valence-corrected chi connectivity index (χ2v) is 9.42. The first-order chi connectivity index (χ1) is 18.7. The summed E-state index contributed by atoms with van der Waals surface area (Å²) in [7, 11) is 0. The standard InChI is InChI=1S/C33H20ClN3O/c34-33-36-31(24-13-11-23(12-14-24)21-7-3-1-4-8-21)35-32(37-33)26-16-18-29-28(19-26)27-17-15-25(20-30(27)38-29)22-9-5-2-6-10-22/h1-20H. The SMILES string of the molecule is Clc1nc(-c2ccc(-c3ccccc3)cc2)nc(-c2ccc3oc4cc(-c5ccccc5)ccc4c3c2)n1. The van der Waals surface area contributed by atoms with Crippen LogP contribution >= 0.6 is 11.6 Å². The first-order valence-electron chi connectivity index (χ1n) is 12.3. The Morgan fingerprint density at radius 2 is 0.974 bits per heavy atom. The average molecular weight is 510 g/mol. The third kappa shape index (κ3) is 4.11. The topological polar surface area (TPSA) is 51.8 Å². The Balaban J connectivity index is 1.26. The van der Waals surface area contributed by atoms with E-state index in [0.29, 0.717) is 11.6 Å². The highest BCUT2D eigenvalue weighted by molar-refractivity contribution is 6.28. The summed E-state index contributed by atoms with van der Waals surface area (Å²) in [5, 5.41) is 2.20. The van der Waals surface area contributed by atoms with Crippen molar-refractivity contribution in [2.24, 2.45) is 0 Å². The van der Waals surface area contributed by atoms with Crippen LogP contribution in [-0.2, 0) is 0 Å². The number of hydrogen-bond acceptors (Lipinski definition) is 4. The first-order valence-corrected chi connectivity index (χ1v) is 12.7. The minimum Gasteiger partial charge on any atom is -0.456 e. The highest BCUT2D eigenvalue weighted by Crippen LogP contribution is 2.34. The van der Waals surface area contributed by atoms with Gasteiger partial charge in [0.15, 0.2) is 11.6 Å². The summed E-state index contributed by atoms with van der Waals surface area (Å²) in [6.45, 7) is 0. The smallest absolute Gasteiger partial charge is 0.226 e. The average Bonchev–Trinajstić information content (AvgIpc) is 3.35. The molecule has 2 aromatic heterocycles. The normalized spacial score (nSPS) is 11.3. The van der Waals surface area contributed by atoms with Crippen LogP contribution in [0.5, 0.6) is 0 Å². The molecule has 5 heteroatoms. The van der Waals surface area contributed by atoms with Crippen LogP contribution in [0.1, 0.15) is 0 Å². The molecular formula is C33H20ClN3O. The summed E-state index contributed by atoms with van der Waals surface area (Å²) >= 11 is 6.36. The number of halogens is 1. The number of furan rings is 1. The molecule has 0 bridgehead atoms. The van der Waals surface area contributed by atoms with E-state index in [1.165, 1.54) is 0 Å². The zero-order valence-electron chi connectivity index (χ0n) is 20.2. The van der Waals surface area contributed by atoms with Gasteiger partial charge in [0.2, 0.25) is 5.28 Å². The molecule has 5 aromatic carbocycles. The van der Waals surface area contributed by atoms with E-state index < -0.39 is 0 Å². The summed E-state index contributed by atoms with van der Waals surface area (Å²) in [6.07, 6.45) is 0. The van der Waals surface area contributed by atoms with Crippen molar-refractivity contribution in [2.75, 3.05) is 0 Å². The van der Waals surface area contributed by atoms with E-state index in [1.807, 2.05) is 60.7 Å². The molecule has 180 valence electrons. The van der Waals surface area contributed by atoms with E-state index in [4.69, 9.17) is 21.0 Å². The summed E-state index contributed by atoms with van der Waals surface area (Å²) in [5.41, 5.74) is 7.92. The minimum atomic E-state index is 0.154. The third-order valence-corrected chi connectivity index (χ3v) is 6.86. The van der Waals surface area contributed by atoms with Gasteiger partial charge in [0, 0.05) is 21.9 Å². The molecule has 0 spiro atoms. The van der Waals surface area contributed by atoms with E-state index in [9.17, 15) is 0 Å². The van der Waals surface area contributed by atoms with Gasteiger partial charge in [0.1, 0.15) is 11.2 Å². The van der Waals surface area contributed by atoms with Crippen molar-refractivity contribution in [1.82, 2.24) is 15.0 Å². The molecule has 7 aromatic rings. The molecule has 0 saturated carbocycles. The fraction of sp³-hybridized carbons (Fsp3) is 0. The maximum absolute atomic E-state index is 6.36. The van der Waals surface area contributed by atoms with E-state index in [0.717, 1.165) is 55.3 Å². The van der Waals surface area contributed by atoms with Crippen molar-refractivity contribution in [3.63, 3.8) is 0 Å². The molecular weight excluding hydrogens is 490 g/mol. The predicted molar refractivity (Wildman–Crippen MR) is 154 cm³/mol. The molecule has 0 saturated heterocycles. The van der Waals surface area contributed by atoms with Crippen molar-refractivity contribution in [3.05, 3.63) is 127 Å². The lowest BCUT2D eigenvalue weighted by atomic mass is 10.0. The molecule has 0 N–H and O–H groups in total. The van der Waals surface area contributed by atoms with Crippen LogP contribution in [0.2, 0.25) is 5.28 Å². The molecule has 0 radical (unpaired) electrons. The Bertz CT molecular complexity index is 1910. The van der Waals surface area contributed by atoms with E-state index in [2.05, 4.69) is 70.6 Å². The van der Waals surface area contributed by atoms with Gasteiger partial charge in [0.05, 0.1) is 0 Å². The van der Waals surface area contributed by atoms with Gasteiger partial charge in [-0.3, -0.25) is 0 Å². The van der Waals surface area contributed by atoms with Gasteiger partial charge in [-0.1, -0.05) is 91.0 Å². The Hall–Kier alpha value is -4.80. The van der Waals surface area contributed by atoms with Crippen LogP contribution < -0.4 is 0 Å². The maximum Gasteiger partial charge on any atom is 0.226 e. The Labute approximate surface area is 224 Å². The fourth-order valence-electron chi connectivity index (χ4n) is 4.78. The monoisotopic (exact) mass is 509 g/mol. The van der Waals surface area contributed by atoms with Gasteiger partial charge in [-0.25, -0.2) is 4.98 Å². The van der Waals surface area contributed by atoms with Crippen molar-refractivity contribution >= 4 is 33.5 Å². The quantitative estimate of drug-likeness (QED) is 0.237. The second-order valence-electron chi connectivity index (χ2n) is 9.08. The lowest BCUT2D eigenvalue weighted by Gasteiger charge is -2.07. The van der Waals surface area contributed by atoms with Crippen molar-refractivity contribution in [2.45, 2.75) is 0 Å². The minimum absolute atomic E-state index is 0.154. The van der Waals surface area contributed by atoms with Gasteiger partial charge in [-0.2, -0.15) is 9.97 Å². The zero-order valence-corrected chi connectivity index (χ0v) is 20.9. The van der Waals surface area contributed by atoms with Gasteiger partial charge in [-0.05, 0) is 64.2 Å². The number of nitrogens with zero attached hydrogens (tertiary/aromatic N) is 3. The van der Waals surface area contributed by atoms with Gasteiger partial charge in [0.25, 0.3) is 0 Å². The van der Waals surface area contributed by atoms with E-state index >= 15 is 0 Å². The largest absolute Gasteiger partial charge is 0.456 e. The Kier molecular flexibility index (Phi) is 5.46. The lowest BCUT2D eigenvalue weighted by molar-refractivity contribution is 0.669. The summed E-state index contributed by atoms with van der Waals surface area (Å²) in [6, 6.07) is 41.0. The van der Waals surface area contributed by atoms with Gasteiger partial charge < -0.3 is 4.42 Å². The van der Waals surface area contributed by atoms with Crippen LogP contribution in [-0.4, -0.2) is 15.0 Å². The highest BCUT2D eigenvalue weighted by Gasteiger charge is 2.14. The number of fused-ring (bicyclic) bond motifs is 3. The Morgan fingerprint density at radius 1 is 0.421 bits per heavy atom. The van der Waals surface area contributed by atoms with Crippen LogP contribution in [0.25, 0.3) is 67.0 Å². The molecule has 7 rings (SSSR count). The molecule has 0 aliphatic carbocycles. The van der Waals surface area contributed by atoms with Crippen LogP contribution in [0.3, 0.4) is 0 Å². The molecule has 0 atom stereocenters. The number of rotatable bonds is 4. The number of hydrogen-bond donors (Lipinski definition) is 0. The van der Waals surface area contributed by atoms with Crippen molar-refractivity contribution in [1.29, 1.82) is 0 Å². The van der Waals surface area contributed by atoms with Crippen LogP contribution in [0, 0.1) is 0 Å². The number of benzene rings is 5. The summed E-state index contributed by atoms with van der Waals surface area (Å²) in [4.78, 5) is 13.6. The zero-order chi connectivity index (χ0) is 25.5. The van der Waals surface area contributed by atoms with E-state index in [-0.39, 0.29) is 5.28 Å². The molecule has 0 fully saturated rings. The fourth-order valence-corrected chi connectivity index (χ4v) is 4.94. The van der Waals surface area contributed by atoms with Crippen molar-refractivity contribution in [3.8, 4) is 45.0 Å². The lowest BCUT2D eigenvalue weighted by Crippen LogP contribution is -1.97. The van der Waals surface area contributed by atoms with Gasteiger partial charge >= 0.3 is 0 Å². The number of aromatic nitrogens is 3.